The van der Waals surface area contributed by atoms with Crippen molar-refractivity contribution in [1.29, 1.82) is 0 Å². The lowest BCUT2D eigenvalue weighted by molar-refractivity contribution is -0.0106. The van der Waals surface area contributed by atoms with Crippen LogP contribution in [0.4, 0.5) is 0 Å². The first kappa shape index (κ1) is 14.0. The van der Waals surface area contributed by atoms with E-state index in [2.05, 4.69) is 15.2 Å². The Morgan fingerprint density at radius 2 is 2.26 bits per heavy atom. The molecule has 1 fully saturated rings. The fraction of sp³-hybridized carbons (Fsp3) is 0.312. The molecule has 23 heavy (non-hydrogen) atoms. The Labute approximate surface area is 132 Å². The summed E-state index contributed by atoms with van der Waals surface area (Å²) in [5.74, 6) is 0.827. The summed E-state index contributed by atoms with van der Waals surface area (Å²) in [7, 11) is 0. The molecule has 1 amide bonds. The van der Waals surface area contributed by atoms with Gasteiger partial charge in [0.2, 0.25) is 11.8 Å². The van der Waals surface area contributed by atoms with Gasteiger partial charge in [-0.2, -0.15) is 0 Å². The highest BCUT2D eigenvalue weighted by molar-refractivity contribution is 5.98. The fourth-order valence-electron chi connectivity index (χ4n) is 2.84. The number of amides is 1. The molecule has 0 radical (unpaired) electrons. The van der Waals surface area contributed by atoms with Gasteiger partial charge in [0.05, 0.1) is 13.2 Å². The van der Waals surface area contributed by atoms with Gasteiger partial charge in [-0.3, -0.25) is 4.79 Å². The Balaban J connectivity index is 1.66. The molecule has 1 saturated heterocycles. The molecule has 4 rings (SSSR count). The number of carbonyl (C=O) groups excluding carboxylic acids is 1. The van der Waals surface area contributed by atoms with Crippen molar-refractivity contribution in [3.63, 3.8) is 0 Å². The molecule has 1 aliphatic rings. The fourth-order valence-corrected chi connectivity index (χ4v) is 2.84. The van der Waals surface area contributed by atoms with E-state index in [-0.39, 0.29) is 11.9 Å². The SMILES string of the molecule is Cc1nnc([C@@H]2COCCN2C(=O)c2ccc3cc[nH]c3c2)o1. The van der Waals surface area contributed by atoms with Crippen molar-refractivity contribution in [2.45, 2.75) is 13.0 Å². The number of fused-ring (bicyclic) bond motifs is 1. The summed E-state index contributed by atoms with van der Waals surface area (Å²) in [4.78, 5) is 17.8. The largest absolute Gasteiger partial charge is 0.423 e. The highest BCUT2D eigenvalue weighted by Gasteiger charge is 2.33. The van der Waals surface area contributed by atoms with Crippen molar-refractivity contribution >= 4 is 16.8 Å². The molecule has 0 spiro atoms. The maximum Gasteiger partial charge on any atom is 0.254 e. The minimum absolute atomic E-state index is 0.0642. The zero-order valence-corrected chi connectivity index (χ0v) is 12.7. The Hall–Kier alpha value is -2.67. The summed E-state index contributed by atoms with van der Waals surface area (Å²) in [6.07, 6.45) is 1.86. The summed E-state index contributed by atoms with van der Waals surface area (Å²) >= 11 is 0. The molecule has 1 N–H and O–H groups in total. The minimum Gasteiger partial charge on any atom is -0.423 e. The van der Waals surface area contributed by atoms with E-state index >= 15 is 0 Å². The van der Waals surface area contributed by atoms with Crippen LogP contribution in [0.2, 0.25) is 0 Å². The van der Waals surface area contributed by atoms with Gasteiger partial charge in [0, 0.05) is 30.7 Å². The molecule has 2 aromatic heterocycles. The second-order valence-electron chi connectivity index (χ2n) is 5.53. The van der Waals surface area contributed by atoms with Gasteiger partial charge in [0.1, 0.15) is 6.04 Å². The number of aromatic nitrogens is 3. The number of nitrogens with one attached hydrogen (secondary N) is 1. The van der Waals surface area contributed by atoms with Crippen molar-refractivity contribution in [2.75, 3.05) is 19.8 Å². The van der Waals surface area contributed by atoms with Crippen LogP contribution in [0.3, 0.4) is 0 Å². The quantitative estimate of drug-likeness (QED) is 0.783. The summed E-state index contributed by atoms with van der Waals surface area (Å²) < 4.78 is 11.0. The molecular formula is C16H16N4O3. The average molecular weight is 312 g/mol. The van der Waals surface area contributed by atoms with Gasteiger partial charge in [-0.1, -0.05) is 6.07 Å². The molecule has 0 bridgehead atoms. The maximum atomic E-state index is 12.9. The topological polar surface area (TPSA) is 84.3 Å². The first-order chi connectivity index (χ1) is 11.2. The van der Waals surface area contributed by atoms with Crippen LogP contribution in [-0.2, 0) is 4.74 Å². The lowest BCUT2D eigenvalue weighted by atomic mass is 10.1. The molecule has 7 nitrogen and oxygen atoms in total. The van der Waals surface area contributed by atoms with Crippen LogP contribution in [0.15, 0.2) is 34.9 Å². The van der Waals surface area contributed by atoms with Gasteiger partial charge in [-0.05, 0) is 23.6 Å². The number of rotatable bonds is 2. The predicted molar refractivity (Wildman–Crippen MR) is 81.9 cm³/mol. The molecule has 0 saturated carbocycles. The zero-order chi connectivity index (χ0) is 15.8. The third-order valence-electron chi connectivity index (χ3n) is 4.02. The van der Waals surface area contributed by atoms with E-state index in [1.54, 1.807) is 11.8 Å². The van der Waals surface area contributed by atoms with Gasteiger partial charge >= 0.3 is 0 Å². The smallest absolute Gasteiger partial charge is 0.254 e. The first-order valence-electron chi connectivity index (χ1n) is 7.48. The Morgan fingerprint density at radius 3 is 3.09 bits per heavy atom. The Kier molecular flexibility index (Phi) is 3.34. The molecule has 3 aromatic rings. The van der Waals surface area contributed by atoms with Crippen molar-refractivity contribution in [3.05, 3.63) is 47.8 Å². The van der Waals surface area contributed by atoms with E-state index in [0.717, 1.165) is 10.9 Å². The number of hydrogen-bond donors (Lipinski definition) is 1. The van der Waals surface area contributed by atoms with Gasteiger partial charge in [0.15, 0.2) is 0 Å². The molecule has 118 valence electrons. The second kappa shape index (κ2) is 5.51. The number of nitrogens with zero attached hydrogens (tertiary/aromatic N) is 3. The number of ether oxygens (including phenoxy) is 1. The first-order valence-corrected chi connectivity index (χ1v) is 7.48. The van der Waals surface area contributed by atoms with E-state index in [4.69, 9.17) is 9.15 Å². The van der Waals surface area contributed by atoms with E-state index < -0.39 is 0 Å². The monoisotopic (exact) mass is 312 g/mol. The number of aromatic amines is 1. The second-order valence-corrected chi connectivity index (χ2v) is 5.53. The Bertz CT molecular complexity index is 854. The van der Waals surface area contributed by atoms with Crippen molar-refractivity contribution < 1.29 is 13.9 Å². The molecule has 3 heterocycles. The molecule has 0 unspecified atom stereocenters. The van der Waals surface area contributed by atoms with E-state index in [9.17, 15) is 4.79 Å². The van der Waals surface area contributed by atoms with Crippen LogP contribution < -0.4 is 0 Å². The molecule has 1 aromatic carbocycles. The van der Waals surface area contributed by atoms with E-state index in [0.29, 0.717) is 37.1 Å². The van der Waals surface area contributed by atoms with Crippen LogP contribution in [0.1, 0.15) is 28.2 Å². The van der Waals surface area contributed by atoms with Crippen molar-refractivity contribution in [3.8, 4) is 0 Å². The van der Waals surface area contributed by atoms with Crippen LogP contribution in [-0.4, -0.2) is 45.7 Å². The predicted octanol–water partition coefficient (Wildman–Crippen LogP) is 2.07. The molecule has 7 heteroatoms. The zero-order valence-electron chi connectivity index (χ0n) is 12.7. The number of H-pyrrole nitrogens is 1. The number of carbonyl (C=O) groups is 1. The molecule has 1 aliphatic heterocycles. The molecule has 0 aliphatic carbocycles. The maximum absolute atomic E-state index is 12.9. The van der Waals surface area contributed by atoms with Crippen LogP contribution >= 0.6 is 0 Å². The summed E-state index contributed by atoms with van der Waals surface area (Å²) in [5.41, 5.74) is 1.57. The number of aryl methyl sites for hydroxylation is 1. The number of morpholine rings is 1. The molecule has 1 atom stereocenters. The third kappa shape index (κ3) is 2.49. The minimum atomic E-state index is -0.350. The highest BCUT2D eigenvalue weighted by atomic mass is 16.5. The van der Waals surface area contributed by atoms with Gasteiger partial charge in [-0.15, -0.1) is 10.2 Å². The van der Waals surface area contributed by atoms with Crippen LogP contribution in [0.5, 0.6) is 0 Å². The van der Waals surface area contributed by atoms with Crippen LogP contribution in [0.25, 0.3) is 10.9 Å². The standard InChI is InChI=1S/C16H16N4O3/c1-10-18-19-15(23-10)14-9-22-7-6-20(14)16(21)12-3-2-11-4-5-17-13(11)8-12/h2-5,8,14,17H,6-7,9H2,1H3/t14-/m0/s1. The van der Waals surface area contributed by atoms with Crippen LogP contribution in [0, 0.1) is 6.92 Å². The van der Waals surface area contributed by atoms with Crippen molar-refractivity contribution in [1.82, 2.24) is 20.1 Å². The normalized spacial score (nSPS) is 18.5. The summed E-state index contributed by atoms with van der Waals surface area (Å²) in [5, 5.41) is 8.96. The summed E-state index contributed by atoms with van der Waals surface area (Å²) in [6.45, 7) is 3.08. The molecular weight excluding hydrogens is 296 g/mol. The number of hydrogen-bond acceptors (Lipinski definition) is 5. The van der Waals surface area contributed by atoms with Crippen molar-refractivity contribution in [2.24, 2.45) is 0 Å². The third-order valence-corrected chi connectivity index (χ3v) is 4.02. The van der Waals surface area contributed by atoms with E-state index in [1.165, 1.54) is 0 Å². The van der Waals surface area contributed by atoms with Gasteiger partial charge < -0.3 is 19.0 Å². The van der Waals surface area contributed by atoms with E-state index in [1.807, 2.05) is 30.5 Å². The highest BCUT2D eigenvalue weighted by Crippen LogP contribution is 2.26. The van der Waals surface area contributed by atoms with Gasteiger partial charge in [0.25, 0.3) is 5.91 Å². The lowest BCUT2D eigenvalue weighted by Gasteiger charge is -2.33. The van der Waals surface area contributed by atoms with Gasteiger partial charge in [-0.25, -0.2) is 0 Å². The Morgan fingerprint density at radius 1 is 1.35 bits per heavy atom. The average Bonchev–Trinajstić information content (AvgIpc) is 3.22. The summed E-state index contributed by atoms with van der Waals surface area (Å²) in [6, 6.07) is 7.26. The lowest BCUT2D eigenvalue weighted by Crippen LogP contribution is -2.43. The number of benzene rings is 1.